The van der Waals surface area contributed by atoms with Crippen molar-refractivity contribution in [1.29, 1.82) is 0 Å². The van der Waals surface area contributed by atoms with Crippen LogP contribution in [0.15, 0.2) is 0 Å². The smallest absolute Gasteiger partial charge is 0.157 e. The van der Waals surface area contributed by atoms with Gasteiger partial charge < -0.3 is 9.47 Å². The highest BCUT2D eigenvalue weighted by molar-refractivity contribution is 5.09. The molecule has 10 atom stereocenters. The van der Waals surface area contributed by atoms with Crippen molar-refractivity contribution in [3.63, 3.8) is 0 Å². The normalized spacial score (nSPS) is 47.6. The first-order valence-corrected chi connectivity index (χ1v) is 15.6. The summed E-state index contributed by atoms with van der Waals surface area (Å²) in [6.45, 7) is 13.7. The fourth-order valence-electron chi connectivity index (χ4n) is 10.4. The Hall–Kier alpha value is -0.0800. The Bertz CT molecular complexity index is 668. The van der Waals surface area contributed by atoms with Crippen molar-refractivity contribution in [2.24, 2.45) is 52.3 Å². The van der Waals surface area contributed by atoms with Crippen molar-refractivity contribution in [3.05, 3.63) is 0 Å². The van der Waals surface area contributed by atoms with Gasteiger partial charge in [0.2, 0.25) is 0 Å². The molecule has 0 aromatic rings. The minimum Gasteiger partial charge on any atom is -0.353 e. The molecule has 4 aliphatic carbocycles. The zero-order chi connectivity index (χ0) is 23.9. The van der Waals surface area contributed by atoms with Crippen LogP contribution in [0.5, 0.6) is 0 Å². The lowest BCUT2D eigenvalue weighted by molar-refractivity contribution is -0.212. The minimum absolute atomic E-state index is 0.0905. The van der Waals surface area contributed by atoms with Crippen LogP contribution < -0.4 is 0 Å². The molecule has 0 bridgehead atoms. The van der Waals surface area contributed by atoms with Crippen LogP contribution in [0.3, 0.4) is 0 Å². The van der Waals surface area contributed by atoms with Crippen LogP contribution in [-0.4, -0.2) is 19.0 Å². The van der Waals surface area contributed by atoms with Gasteiger partial charge in [0.05, 0.1) is 6.10 Å². The number of fused-ring (bicyclic) bond motifs is 5. The highest BCUT2D eigenvalue weighted by atomic mass is 16.7. The fraction of sp³-hybridized carbons (Fsp3) is 1.00. The number of hydrogen-bond donors (Lipinski definition) is 0. The monoisotopic (exact) mass is 472 g/mol. The Morgan fingerprint density at radius 1 is 0.824 bits per heavy atom. The lowest BCUT2D eigenvalue weighted by Gasteiger charge is -2.61. The summed E-state index contributed by atoms with van der Waals surface area (Å²) in [5.41, 5.74) is 1.19. The van der Waals surface area contributed by atoms with E-state index in [1.165, 1.54) is 89.9 Å². The van der Waals surface area contributed by atoms with Crippen molar-refractivity contribution in [2.45, 2.75) is 143 Å². The van der Waals surface area contributed by atoms with E-state index in [4.69, 9.17) is 9.47 Å². The third kappa shape index (κ3) is 4.78. The lowest BCUT2D eigenvalue weighted by atomic mass is 9.44. The van der Waals surface area contributed by atoms with E-state index in [9.17, 15) is 0 Å². The molecule has 34 heavy (non-hydrogen) atoms. The first kappa shape index (κ1) is 25.6. The number of hydrogen-bond acceptors (Lipinski definition) is 2. The number of ether oxygens (including phenoxy) is 2. The van der Waals surface area contributed by atoms with Crippen LogP contribution in [-0.2, 0) is 9.47 Å². The van der Waals surface area contributed by atoms with E-state index in [1.54, 1.807) is 0 Å². The van der Waals surface area contributed by atoms with Gasteiger partial charge in [-0.25, -0.2) is 0 Å². The summed E-state index contributed by atoms with van der Waals surface area (Å²) in [5.74, 6) is 6.64. The first-order chi connectivity index (χ1) is 16.3. The van der Waals surface area contributed by atoms with Crippen molar-refractivity contribution in [3.8, 4) is 0 Å². The average Bonchev–Trinajstić information content (AvgIpc) is 3.17. The second kappa shape index (κ2) is 10.4. The maximum absolute atomic E-state index is 6.51. The Morgan fingerprint density at radius 3 is 2.38 bits per heavy atom. The third-order valence-electron chi connectivity index (χ3n) is 12.3. The molecule has 0 radical (unpaired) electrons. The molecule has 5 rings (SSSR count). The maximum Gasteiger partial charge on any atom is 0.157 e. The molecule has 6 unspecified atom stereocenters. The molecule has 1 heterocycles. The summed E-state index contributed by atoms with van der Waals surface area (Å²) in [7, 11) is 0. The van der Waals surface area contributed by atoms with Crippen LogP contribution in [0.2, 0.25) is 0 Å². The maximum atomic E-state index is 6.51. The van der Waals surface area contributed by atoms with Crippen LogP contribution in [0.25, 0.3) is 0 Å². The molecule has 0 amide bonds. The Kier molecular flexibility index (Phi) is 7.78. The highest BCUT2D eigenvalue weighted by Gasteiger charge is 2.60. The molecule has 0 N–H and O–H groups in total. The lowest BCUT2D eigenvalue weighted by Crippen LogP contribution is -2.54. The van der Waals surface area contributed by atoms with Crippen molar-refractivity contribution in [1.82, 2.24) is 0 Å². The second-order valence-corrected chi connectivity index (χ2v) is 14.5. The first-order valence-electron chi connectivity index (χ1n) is 15.6. The molecule has 0 aromatic heterocycles. The van der Waals surface area contributed by atoms with E-state index < -0.39 is 0 Å². The van der Waals surface area contributed by atoms with Gasteiger partial charge in [-0.1, -0.05) is 53.9 Å². The standard InChI is InChI=1S/C32H56O2/c1-22(2)9-8-10-23(3)27-14-15-28-26-13-12-24-21-25(34-30-11-6-7-20-33-30)16-18-31(24,4)29(26)17-19-32(27,28)5/h22-30H,6-21H2,1-5H3/t23?,24?,25-,26?,27+,28?,29?,30?,31-,32+/m0/s1. The van der Waals surface area contributed by atoms with Gasteiger partial charge in [0.1, 0.15) is 0 Å². The Labute approximate surface area is 211 Å². The molecule has 196 valence electrons. The molecule has 5 aliphatic rings. The van der Waals surface area contributed by atoms with E-state index in [1.807, 2.05) is 0 Å². The molecule has 2 nitrogen and oxygen atoms in total. The van der Waals surface area contributed by atoms with Gasteiger partial charge >= 0.3 is 0 Å². The van der Waals surface area contributed by atoms with Crippen LogP contribution >= 0.6 is 0 Å². The molecule has 0 aromatic carbocycles. The molecule has 1 saturated heterocycles. The third-order valence-corrected chi connectivity index (χ3v) is 12.3. The summed E-state index contributed by atoms with van der Waals surface area (Å²) in [5, 5.41) is 0. The molecule has 5 fully saturated rings. The molecule has 1 aliphatic heterocycles. The summed E-state index contributed by atoms with van der Waals surface area (Å²) in [6.07, 6.45) is 21.5. The largest absolute Gasteiger partial charge is 0.353 e. The van der Waals surface area contributed by atoms with Gasteiger partial charge in [0, 0.05) is 6.61 Å². The van der Waals surface area contributed by atoms with Crippen molar-refractivity contribution >= 4 is 0 Å². The average molecular weight is 473 g/mol. The van der Waals surface area contributed by atoms with Gasteiger partial charge in [-0.05, 0) is 129 Å². The molecule has 0 spiro atoms. The van der Waals surface area contributed by atoms with Crippen LogP contribution in [0.4, 0.5) is 0 Å². The summed E-state index contributed by atoms with van der Waals surface area (Å²) >= 11 is 0. The predicted molar refractivity (Wildman–Crippen MR) is 142 cm³/mol. The molecule has 4 saturated carbocycles. The highest BCUT2D eigenvalue weighted by Crippen LogP contribution is 2.68. The summed E-state index contributed by atoms with van der Waals surface area (Å²) in [6, 6.07) is 0. The zero-order valence-electron chi connectivity index (χ0n) is 23.3. The Balaban J connectivity index is 1.21. The van der Waals surface area contributed by atoms with E-state index >= 15 is 0 Å². The van der Waals surface area contributed by atoms with Crippen molar-refractivity contribution < 1.29 is 9.47 Å². The zero-order valence-corrected chi connectivity index (χ0v) is 23.3. The number of rotatable bonds is 7. The summed E-state index contributed by atoms with van der Waals surface area (Å²) in [4.78, 5) is 0. The molecule has 2 heteroatoms. The fourth-order valence-corrected chi connectivity index (χ4v) is 10.4. The van der Waals surface area contributed by atoms with Crippen LogP contribution in [0.1, 0.15) is 131 Å². The van der Waals surface area contributed by atoms with E-state index in [-0.39, 0.29) is 6.29 Å². The SMILES string of the molecule is CC(C)CCCC(C)[C@H]1CCC2C3CCC4C[C@@H](OC5CCCCO5)CC[C@]4(C)C3CC[C@@]21C. The molecular formula is C32H56O2. The van der Waals surface area contributed by atoms with Crippen molar-refractivity contribution in [2.75, 3.05) is 6.61 Å². The molecular weight excluding hydrogens is 416 g/mol. The van der Waals surface area contributed by atoms with Gasteiger partial charge in [-0.15, -0.1) is 0 Å². The van der Waals surface area contributed by atoms with Crippen LogP contribution in [0, 0.1) is 52.3 Å². The van der Waals surface area contributed by atoms with Gasteiger partial charge in [0.15, 0.2) is 6.29 Å². The predicted octanol–water partition coefficient (Wildman–Crippen LogP) is 9.02. The van der Waals surface area contributed by atoms with Gasteiger partial charge in [-0.2, -0.15) is 0 Å². The van der Waals surface area contributed by atoms with E-state index in [0.717, 1.165) is 54.5 Å². The summed E-state index contributed by atoms with van der Waals surface area (Å²) < 4.78 is 12.4. The minimum atomic E-state index is 0.0905. The Morgan fingerprint density at radius 2 is 1.62 bits per heavy atom. The van der Waals surface area contributed by atoms with E-state index in [0.29, 0.717) is 16.9 Å². The second-order valence-electron chi connectivity index (χ2n) is 14.5. The quantitative estimate of drug-likeness (QED) is 0.344. The van der Waals surface area contributed by atoms with E-state index in [2.05, 4.69) is 34.6 Å². The van der Waals surface area contributed by atoms with Gasteiger partial charge in [-0.3, -0.25) is 0 Å². The van der Waals surface area contributed by atoms with Gasteiger partial charge in [0.25, 0.3) is 0 Å². The topological polar surface area (TPSA) is 18.5 Å².